The number of hydrogen-bond donors (Lipinski definition) is 0. The van der Waals surface area contributed by atoms with E-state index in [0.717, 1.165) is 19.3 Å². The molecule has 0 aromatic carbocycles. The Hall–Kier alpha value is -0.600. The molecule has 0 aromatic heterocycles. The Kier molecular flexibility index (Phi) is 3.90. The minimum absolute atomic E-state index is 0.188. The predicted octanol–water partition coefficient (Wildman–Crippen LogP) is 3.25. The van der Waals surface area contributed by atoms with Crippen molar-refractivity contribution in [3.63, 3.8) is 0 Å². The first-order valence-corrected chi connectivity index (χ1v) is 5.21. The minimum Gasteiger partial charge on any atom is -0.233 e. The molecule has 0 radical (unpaired) electrons. The van der Waals surface area contributed by atoms with Crippen molar-refractivity contribution in [3.8, 4) is 0 Å². The summed E-state index contributed by atoms with van der Waals surface area (Å²) >= 11 is 0. The quantitative estimate of drug-likeness (QED) is 0.507. The fraction of sp³-hybridized carbons (Fsp3) is 0.667. The van der Waals surface area contributed by atoms with Gasteiger partial charge in [-0.2, -0.15) is 0 Å². The monoisotopic (exact) mass is 196 g/mol. The number of hydrogen-bond acceptors (Lipinski definition) is 2. The zero-order chi connectivity index (χ0) is 10.6. The first-order chi connectivity index (χ1) is 6.64. The van der Waals surface area contributed by atoms with Gasteiger partial charge >= 0.3 is 0 Å². The smallest absolute Gasteiger partial charge is 0.113 e. The van der Waals surface area contributed by atoms with E-state index in [9.17, 15) is 0 Å². The van der Waals surface area contributed by atoms with Crippen LogP contribution in [-0.4, -0.2) is 11.7 Å². The van der Waals surface area contributed by atoms with Gasteiger partial charge in [0, 0.05) is 0 Å². The highest BCUT2D eigenvalue weighted by Crippen LogP contribution is 2.38. The Morgan fingerprint density at radius 2 is 1.86 bits per heavy atom. The van der Waals surface area contributed by atoms with Gasteiger partial charge in [-0.3, -0.25) is 0 Å². The molecule has 1 aliphatic heterocycles. The highest BCUT2D eigenvalue weighted by atomic mass is 17.2. The standard InChI is InChI=1S/C12H20O2/c1-5-7-12(8-6-2)10(3)9-11(4)13-14-12/h5-6,10-11H,1-2,7-9H2,3-4H3. The van der Waals surface area contributed by atoms with Gasteiger partial charge in [0.2, 0.25) is 0 Å². The molecule has 1 aliphatic rings. The predicted molar refractivity (Wildman–Crippen MR) is 57.8 cm³/mol. The Bertz CT molecular complexity index is 200. The van der Waals surface area contributed by atoms with Crippen LogP contribution in [0.15, 0.2) is 25.3 Å². The molecule has 1 fully saturated rings. The van der Waals surface area contributed by atoms with E-state index in [0.29, 0.717) is 5.92 Å². The molecule has 0 bridgehead atoms. The Labute approximate surface area is 86.5 Å². The third-order valence-electron chi connectivity index (χ3n) is 2.94. The van der Waals surface area contributed by atoms with Gasteiger partial charge < -0.3 is 0 Å². The van der Waals surface area contributed by atoms with Crippen LogP contribution >= 0.6 is 0 Å². The van der Waals surface area contributed by atoms with Crippen molar-refractivity contribution in [3.05, 3.63) is 25.3 Å². The van der Waals surface area contributed by atoms with Gasteiger partial charge in [-0.05, 0) is 32.1 Å². The molecule has 14 heavy (non-hydrogen) atoms. The Morgan fingerprint density at radius 1 is 1.29 bits per heavy atom. The SMILES string of the molecule is C=CCC1(CC=C)OOC(C)CC1C. The van der Waals surface area contributed by atoms with E-state index < -0.39 is 0 Å². The van der Waals surface area contributed by atoms with Crippen LogP contribution in [0.2, 0.25) is 0 Å². The summed E-state index contributed by atoms with van der Waals surface area (Å²) in [6, 6.07) is 0. The average Bonchev–Trinajstić information content (AvgIpc) is 2.13. The molecule has 2 heteroatoms. The highest BCUT2D eigenvalue weighted by Gasteiger charge is 2.41. The molecular weight excluding hydrogens is 176 g/mol. The molecule has 1 heterocycles. The summed E-state index contributed by atoms with van der Waals surface area (Å²) in [4.78, 5) is 10.8. The molecular formula is C12H20O2. The van der Waals surface area contributed by atoms with Gasteiger partial charge in [0.25, 0.3) is 0 Å². The van der Waals surface area contributed by atoms with Gasteiger partial charge in [-0.25, -0.2) is 9.78 Å². The zero-order valence-electron chi connectivity index (χ0n) is 9.16. The molecule has 0 saturated carbocycles. The van der Waals surface area contributed by atoms with Crippen molar-refractivity contribution in [1.29, 1.82) is 0 Å². The molecule has 0 amide bonds. The number of rotatable bonds is 4. The average molecular weight is 196 g/mol. The molecule has 0 spiro atoms. The molecule has 80 valence electrons. The van der Waals surface area contributed by atoms with Crippen LogP contribution in [0.25, 0.3) is 0 Å². The van der Waals surface area contributed by atoms with Gasteiger partial charge in [0.05, 0.1) is 6.10 Å². The Morgan fingerprint density at radius 3 is 2.29 bits per heavy atom. The first-order valence-electron chi connectivity index (χ1n) is 5.21. The fourth-order valence-corrected chi connectivity index (χ4v) is 2.05. The molecule has 1 saturated heterocycles. The maximum atomic E-state index is 5.53. The van der Waals surface area contributed by atoms with Crippen molar-refractivity contribution in [1.82, 2.24) is 0 Å². The summed E-state index contributed by atoms with van der Waals surface area (Å²) < 4.78 is 0. The van der Waals surface area contributed by atoms with E-state index >= 15 is 0 Å². The van der Waals surface area contributed by atoms with Crippen LogP contribution in [0.1, 0.15) is 33.1 Å². The lowest BCUT2D eigenvalue weighted by Gasteiger charge is -2.42. The zero-order valence-corrected chi connectivity index (χ0v) is 9.16. The Balaban J connectivity index is 2.74. The third kappa shape index (κ3) is 2.25. The summed E-state index contributed by atoms with van der Waals surface area (Å²) in [7, 11) is 0. The largest absolute Gasteiger partial charge is 0.233 e. The van der Waals surface area contributed by atoms with Gasteiger partial charge in [0.1, 0.15) is 5.60 Å². The van der Waals surface area contributed by atoms with E-state index in [4.69, 9.17) is 9.78 Å². The summed E-state index contributed by atoms with van der Waals surface area (Å²) in [5.41, 5.74) is -0.240. The van der Waals surface area contributed by atoms with Crippen LogP contribution in [0, 0.1) is 5.92 Å². The molecule has 0 N–H and O–H groups in total. The van der Waals surface area contributed by atoms with Crippen molar-refractivity contribution < 1.29 is 9.78 Å². The third-order valence-corrected chi connectivity index (χ3v) is 2.94. The topological polar surface area (TPSA) is 18.5 Å². The highest BCUT2D eigenvalue weighted by molar-refractivity contribution is 4.97. The van der Waals surface area contributed by atoms with Crippen LogP contribution in [0.4, 0.5) is 0 Å². The van der Waals surface area contributed by atoms with Crippen molar-refractivity contribution in [2.45, 2.75) is 44.8 Å². The van der Waals surface area contributed by atoms with Gasteiger partial charge in [0.15, 0.2) is 0 Å². The molecule has 2 atom stereocenters. The summed E-state index contributed by atoms with van der Waals surface area (Å²) in [5, 5.41) is 0. The second-order valence-corrected chi connectivity index (χ2v) is 4.18. The lowest BCUT2D eigenvalue weighted by Crippen LogP contribution is -2.45. The lowest BCUT2D eigenvalue weighted by atomic mass is 9.79. The van der Waals surface area contributed by atoms with Crippen molar-refractivity contribution in [2.75, 3.05) is 0 Å². The fourth-order valence-electron chi connectivity index (χ4n) is 2.05. The maximum absolute atomic E-state index is 5.53. The van der Waals surface area contributed by atoms with E-state index in [2.05, 4.69) is 20.1 Å². The van der Waals surface area contributed by atoms with E-state index in [1.165, 1.54) is 0 Å². The van der Waals surface area contributed by atoms with E-state index in [1.54, 1.807) is 0 Å². The second kappa shape index (κ2) is 4.76. The molecule has 1 rings (SSSR count). The van der Waals surface area contributed by atoms with E-state index in [-0.39, 0.29) is 11.7 Å². The van der Waals surface area contributed by atoms with Crippen LogP contribution in [0.3, 0.4) is 0 Å². The van der Waals surface area contributed by atoms with Crippen molar-refractivity contribution >= 4 is 0 Å². The minimum atomic E-state index is -0.240. The summed E-state index contributed by atoms with van der Waals surface area (Å²) in [6.45, 7) is 11.8. The van der Waals surface area contributed by atoms with Crippen LogP contribution in [-0.2, 0) is 9.78 Å². The summed E-state index contributed by atoms with van der Waals surface area (Å²) in [6.07, 6.45) is 6.62. The van der Waals surface area contributed by atoms with Gasteiger partial charge in [-0.15, -0.1) is 13.2 Å². The van der Waals surface area contributed by atoms with Crippen LogP contribution < -0.4 is 0 Å². The lowest BCUT2D eigenvalue weighted by molar-refractivity contribution is -0.418. The van der Waals surface area contributed by atoms with Crippen LogP contribution in [0.5, 0.6) is 0 Å². The molecule has 0 aromatic rings. The van der Waals surface area contributed by atoms with E-state index in [1.807, 2.05) is 19.1 Å². The maximum Gasteiger partial charge on any atom is 0.113 e. The normalized spacial score (nSPS) is 31.0. The molecule has 0 aliphatic carbocycles. The summed E-state index contributed by atoms with van der Waals surface area (Å²) in [5.74, 6) is 0.474. The second-order valence-electron chi connectivity index (χ2n) is 4.18. The first kappa shape index (κ1) is 11.5. The van der Waals surface area contributed by atoms with Crippen molar-refractivity contribution in [2.24, 2.45) is 5.92 Å². The van der Waals surface area contributed by atoms with Gasteiger partial charge in [-0.1, -0.05) is 19.1 Å². The molecule has 2 unspecified atom stereocenters. The molecule has 2 nitrogen and oxygen atoms in total.